The number of likely N-dealkylation sites (tertiary alicyclic amines) is 1. The number of ether oxygens (including phenoxy) is 2. The zero-order valence-corrected chi connectivity index (χ0v) is 15.3. The Hall–Kier alpha value is -1.46. The molecule has 134 valence electrons. The Morgan fingerprint density at radius 1 is 1.29 bits per heavy atom. The topological polar surface area (TPSA) is 50.8 Å². The van der Waals surface area contributed by atoms with Crippen molar-refractivity contribution in [3.05, 3.63) is 22.7 Å². The minimum atomic E-state index is 0.278. The molecule has 1 aromatic carbocycles. The Bertz CT molecular complexity index is 551. The van der Waals surface area contributed by atoms with Gasteiger partial charge < -0.3 is 19.7 Å². The molecule has 0 aliphatic carbocycles. The van der Waals surface area contributed by atoms with Gasteiger partial charge in [0.05, 0.1) is 18.7 Å². The molecular weight excluding hydrogens is 328 g/mol. The summed E-state index contributed by atoms with van der Waals surface area (Å²) >= 11 is 6.28. The van der Waals surface area contributed by atoms with E-state index in [-0.39, 0.29) is 5.91 Å². The molecule has 0 spiro atoms. The third kappa shape index (κ3) is 5.28. The average molecular weight is 355 g/mol. The summed E-state index contributed by atoms with van der Waals surface area (Å²) in [4.78, 5) is 13.9. The van der Waals surface area contributed by atoms with Crippen molar-refractivity contribution in [1.82, 2.24) is 10.2 Å². The van der Waals surface area contributed by atoms with Crippen molar-refractivity contribution in [3.63, 3.8) is 0 Å². The fourth-order valence-electron chi connectivity index (χ4n) is 2.88. The lowest BCUT2D eigenvalue weighted by molar-refractivity contribution is -0.130. The Kier molecular flexibility index (Phi) is 7.66. The van der Waals surface area contributed by atoms with Crippen LogP contribution in [0.4, 0.5) is 0 Å². The van der Waals surface area contributed by atoms with Gasteiger partial charge in [0.2, 0.25) is 5.91 Å². The van der Waals surface area contributed by atoms with Crippen LogP contribution in [-0.4, -0.2) is 44.2 Å². The van der Waals surface area contributed by atoms with Crippen LogP contribution in [0.2, 0.25) is 5.02 Å². The smallest absolute Gasteiger partial charge is 0.222 e. The summed E-state index contributed by atoms with van der Waals surface area (Å²) in [5.74, 6) is 1.50. The molecule has 6 heteroatoms. The first-order valence-electron chi connectivity index (χ1n) is 8.63. The quantitative estimate of drug-likeness (QED) is 0.728. The number of benzene rings is 1. The second kappa shape index (κ2) is 9.74. The van der Waals surface area contributed by atoms with E-state index in [0.29, 0.717) is 36.1 Å². The molecule has 0 unspecified atom stereocenters. The number of rotatable bonds is 8. The second-order valence-corrected chi connectivity index (χ2v) is 6.32. The predicted octanol–water partition coefficient (Wildman–Crippen LogP) is 3.24. The molecule has 0 bridgehead atoms. The van der Waals surface area contributed by atoms with E-state index in [1.165, 1.54) is 0 Å². The summed E-state index contributed by atoms with van der Waals surface area (Å²) in [6.07, 6.45) is 3.97. The number of nitrogens with zero attached hydrogens (tertiary/aromatic N) is 1. The Labute approximate surface area is 149 Å². The Balaban J connectivity index is 1.85. The molecule has 2 rings (SSSR count). The highest BCUT2D eigenvalue weighted by Crippen LogP contribution is 2.36. The summed E-state index contributed by atoms with van der Waals surface area (Å²) in [5.41, 5.74) is 1.03. The number of nitrogens with one attached hydrogen (secondary N) is 1. The van der Waals surface area contributed by atoms with Crippen molar-refractivity contribution in [3.8, 4) is 11.5 Å². The fourth-order valence-corrected chi connectivity index (χ4v) is 3.17. The SMILES string of the molecule is CCOc1c(Cl)cc(CNCCN2CCCCCC2=O)cc1OC. The maximum Gasteiger partial charge on any atom is 0.222 e. The van der Waals surface area contributed by atoms with Gasteiger partial charge in [0.15, 0.2) is 11.5 Å². The van der Waals surface area contributed by atoms with Crippen LogP contribution in [-0.2, 0) is 11.3 Å². The number of methoxy groups -OCH3 is 1. The average Bonchev–Trinajstić information content (AvgIpc) is 2.78. The van der Waals surface area contributed by atoms with Crippen LogP contribution in [0.5, 0.6) is 11.5 Å². The van der Waals surface area contributed by atoms with Crippen molar-refractivity contribution in [2.75, 3.05) is 33.4 Å². The second-order valence-electron chi connectivity index (χ2n) is 5.91. The van der Waals surface area contributed by atoms with Crippen molar-refractivity contribution < 1.29 is 14.3 Å². The van der Waals surface area contributed by atoms with Crippen LogP contribution in [0.15, 0.2) is 12.1 Å². The molecule has 1 aromatic rings. The largest absolute Gasteiger partial charge is 0.493 e. The molecule has 0 radical (unpaired) electrons. The minimum absolute atomic E-state index is 0.278. The van der Waals surface area contributed by atoms with Crippen LogP contribution in [0.3, 0.4) is 0 Å². The Morgan fingerprint density at radius 3 is 2.88 bits per heavy atom. The zero-order valence-electron chi connectivity index (χ0n) is 14.6. The lowest BCUT2D eigenvalue weighted by Crippen LogP contribution is -2.36. The molecule has 0 aromatic heterocycles. The highest BCUT2D eigenvalue weighted by atomic mass is 35.5. The number of halogens is 1. The first kappa shape index (κ1) is 18.9. The highest BCUT2D eigenvalue weighted by molar-refractivity contribution is 6.32. The van der Waals surface area contributed by atoms with Gasteiger partial charge in [0.1, 0.15) is 0 Å². The third-order valence-corrected chi connectivity index (χ3v) is 4.42. The van der Waals surface area contributed by atoms with Gasteiger partial charge in [-0.1, -0.05) is 18.0 Å². The minimum Gasteiger partial charge on any atom is -0.493 e. The predicted molar refractivity (Wildman–Crippen MR) is 95.9 cm³/mol. The first-order chi connectivity index (χ1) is 11.7. The van der Waals surface area contributed by atoms with Gasteiger partial charge in [-0.05, 0) is 37.5 Å². The molecule has 1 fully saturated rings. The third-order valence-electron chi connectivity index (χ3n) is 4.14. The zero-order chi connectivity index (χ0) is 17.4. The van der Waals surface area contributed by atoms with E-state index >= 15 is 0 Å². The molecule has 0 saturated carbocycles. The van der Waals surface area contributed by atoms with Crippen molar-refractivity contribution >= 4 is 17.5 Å². The molecule has 1 saturated heterocycles. The molecule has 1 amide bonds. The van der Waals surface area contributed by atoms with Crippen LogP contribution in [0.1, 0.15) is 38.2 Å². The maximum atomic E-state index is 12.0. The lowest BCUT2D eigenvalue weighted by atomic mass is 10.2. The van der Waals surface area contributed by atoms with Gasteiger partial charge >= 0.3 is 0 Å². The normalized spacial score (nSPS) is 15.3. The maximum absolute atomic E-state index is 12.0. The van der Waals surface area contributed by atoms with Gasteiger partial charge in [0.25, 0.3) is 0 Å². The van der Waals surface area contributed by atoms with Gasteiger partial charge in [-0.3, -0.25) is 4.79 Å². The highest BCUT2D eigenvalue weighted by Gasteiger charge is 2.16. The van der Waals surface area contributed by atoms with E-state index in [9.17, 15) is 4.79 Å². The van der Waals surface area contributed by atoms with Crippen molar-refractivity contribution in [2.24, 2.45) is 0 Å². The van der Waals surface area contributed by atoms with E-state index in [4.69, 9.17) is 21.1 Å². The van der Waals surface area contributed by atoms with Gasteiger partial charge in [-0.25, -0.2) is 0 Å². The van der Waals surface area contributed by atoms with E-state index in [2.05, 4.69) is 5.32 Å². The van der Waals surface area contributed by atoms with Crippen LogP contribution >= 0.6 is 11.6 Å². The molecule has 0 atom stereocenters. The number of hydrogen-bond acceptors (Lipinski definition) is 4. The molecule has 1 heterocycles. The number of amides is 1. The van der Waals surface area contributed by atoms with E-state index in [0.717, 1.165) is 44.5 Å². The standard InChI is InChI=1S/C18H27ClN2O3/c1-3-24-18-15(19)11-14(12-16(18)23-2)13-20-8-10-21-9-6-4-5-7-17(21)22/h11-12,20H,3-10,13H2,1-2H3. The number of hydrogen-bond donors (Lipinski definition) is 1. The summed E-state index contributed by atoms with van der Waals surface area (Å²) in [7, 11) is 1.61. The molecule has 5 nitrogen and oxygen atoms in total. The lowest BCUT2D eigenvalue weighted by Gasteiger charge is -2.20. The van der Waals surface area contributed by atoms with Crippen molar-refractivity contribution in [1.29, 1.82) is 0 Å². The van der Waals surface area contributed by atoms with Crippen LogP contribution < -0.4 is 14.8 Å². The molecular formula is C18H27ClN2O3. The first-order valence-corrected chi connectivity index (χ1v) is 9.01. The molecule has 1 N–H and O–H groups in total. The molecule has 1 aliphatic rings. The van der Waals surface area contributed by atoms with E-state index < -0.39 is 0 Å². The Morgan fingerprint density at radius 2 is 2.12 bits per heavy atom. The van der Waals surface area contributed by atoms with E-state index in [1.807, 2.05) is 24.0 Å². The summed E-state index contributed by atoms with van der Waals surface area (Å²) in [6, 6.07) is 3.82. The molecule has 24 heavy (non-hydrogen) atoms. The monoisotopic (exact) mass is 354 g/mol. The number of carbonyl (C=O) groups excluding carboxylic acids is 1. The molecule has 1 aliphatic heterocycles. The summed E-state index contributed by atoms with van der Waals surface area (Å²) in [5, 5.41) is 3.92. The van der Waals surface area contributed by atoms with Crippen molar-refractivity contribution in [2.45, 2.75) is 39.2 Å². The van der Waals surface area contributed by atoms with Crippen LogP contribution in [0.25, 0.3) is 0 Å². The summed E-state index contributed by atoms with van der Waals surface area (Å²) < 4.78 is 10.9. The van der Waals surface area contributed by atoms with Crippen LogP contribution in [0, 0.1) is 0 Å². The number of carbonyl (C=O) groups is 1. The van der Waals surface area contributed by atoms with E-state index in [1.54, 1.807) is 7.11 Å². The van der Waals surface area contributed by atoms with Gasteiger partial charge in [0, 0.05) is 32.6 Å². The summed E-state index contributed by atoms with van der Waals surface area (Å²) in [6.45, 7) is 5.51. The fraction of sp³-hybridized carbons (Fsp3) is 0.611. The van der Waals surface area contributed by atoms with Gasteiger partial charge in [-0.2, -0.15) is 0 Å². The van der Waals surface area contributed by atoms with Gasteiger partial charge in [-0.15, -0.1) is 0 Å².